The van der Waals surface area contributed by atoms with Crippen LogP contribution in [0.1, 0.15) is 22.3 Å². The normalized spacial score (nSPS) is 9.94. The molecule has 0 fully saturated rings. The van der Waals surface area contributed by atoms with E-state index in [1.165, 1.54) is 4.90 Å². The molecular weight excluding hydrogens is 232 g/mol. The Morgan fingerprint density at radius 3 is 2.56 bits per heavy atom. The zero-order valence-corrected chi connectivity index (χ0v) is 10.9. The van der Waals surface area contributed by atoms with Crippen LogP contribution in [0.2, 0.25) is 0 Å². The Bertz CT molecular complexity index is 456. The highest BCUT2D eigenvalue weighted by Gasteiger charge is 2.11. The molecule has 5 heteroatoms. The topological polar surface area (TPSA) is 72.6 Å². The molecule has 18 heavy (non-hydrogen) atoms. The quantitative estimate of drug-likeness (QED) is 0.644. The van der Waals surface area contributed by atoms with Gasteiger partial charge in [-0.25, -0.2) is 4.79 Å². The fraction of sp³-hybridized carbons (Fsp3) is 0.385. The lowest BCUT2D eigenvalue weighted by Gasteiger charge is -2.11. The second kappa shape index (κ2) is 6.05. The Hall–Kier alpha value is -2.04. The third-order valence-electron chi connectivity index (χ3n) is 2.52. The first-order chi connectivity index (χ1) is 8.41. The second-order valence-corrected chi connectivity index (χ2v) is 4.25. The van der Waals surface area contributed by atoms with E-state index in [0.717, 1.165) is 5.56 Å². The molecule has 0 bridgehead atoms. The molecule has 0 unspecified atom stereocenters. The highest BCUT2D eigenvalue weighted by molar-refractivity contribution is 5.91. The van der Waals surface area contributed by atoms with E-state index in [1.54, 1.807) is 39.2 Å². The minimum absolute atomic E-state index is 0.0724. The highest BCUT2D eigenvalue weighted by atomic mass is 16.5. The Morgan fingerprint density at radius 2 is 2.00 bits per heavy atom. The Labute approximate surface area is 107 Å². The van der Waals surface area contributed by atoms with Crippen LogP contribution in [0.4, 0.5) is 5.69 Å². The molecule has 1 rings (SSSR count). The van der Waals surface area contributed by atoms with Crippen molar-refractivity contribution in [1.82, 2.24) is 4.90 Å². The molecule has 0 spiro atoms. The van der Waals surface area contributed by atoms with Crippen LogP contribution in [-0.2, 0) is 9.53 Å². The van der Waals surface area contributed by atoms with E-state index in [-0.39, 0.29) is 18.9 Å². The first-order valence-corrected chi connectivity index (χ1v) is 5.65. The molecule has 1 amide bonds. The van der Waals surface area contributed by atoms with Crippen molar-refractivity contribution in [1.29, 1.82) is 0 Å². The molecule has 0 aliphatic heterocycles. The summed E-state index contributed by atoms with van der Waals surface area (Å²) < 4.78 is 5.04. The van der Waals surface area contributed by atoms with E-state index in [0.29, 0.717) is 11.3 Å². The number of ether oxygens (including phenoxy) is 1. The third kappa shape index (κ3) is 3.76. The van der Waals surface area contributed by atoms with Crippen molar-refractivity contribution in [3.63, 3.8) is 0 Å². The zero-order chi connectivity index (χ0) is 13.7. The summed E-state index contributed by atoms with van der Waals surface area (Å²) in [6.07, 6.45) is 0.187. The lowest BCUT2D eigenvalue weighted by atomic mass is 10.1. The minimum Gasteiger partial charge on any atom is -0.462 e. The van der Waals surface area contributed by atoms with Gasteiger partial charge in [0.1, 0.15) is 6.61 Å². The molecule has 1 aromatic rings. The van der Waals surface area contributed by atoms with Gasteiger partial charge in [0.2, 0.25) is 5.91 Å². The van der Waals surface area contributed by atoms with Crippen LogP contribution in [0, 0.1) is 6.92 Å². The number of benzene rings is 1. The third-order valence-corrected chi connectivity index (χ3v) is 2.52. The number of esters is 1. The molecule has 2 N–H and O–H groups in total. The molecule has 0 aromatic heterocycles. The molecule has 5 nitrogen and oxygen atoms in total. The lowest BCUT2D eigenvalue weighted by Crippen LogP contribution is -2.23. The van der Waals surface area contributed by atoms with Crippen LogP contribution in [0.15, 0.2) is 18.2 Å². The molecule has 0 radical (unpaired) electrons. The van der Waals surface area contributed by atoms with Gasteiger partial charge in [-0.15, -0.1) is 0 Å². The minimum atomic E-state index is -0.431. The number of carbonyl (C=O) groups is 2. The van der Waals surface area contributed by atoms with Crippen LogP contribution < -0.4 is 5.73 Å². The van der Waals surface area contributed by atoms with Gasteiger partial charge in [0.25, 0.3) is 0 Å². The molecule has 0 aliphatic carbocycles. The summed E-state index contributed by atoms with van der Waals surface area (Å²) in [5, 5.41) is 0. The smallest absolute Gasteiger partial charge is 0.338 e. The van der Waals surface area contributed by atoms with E-state index in [1.807, 2.05) is 0 Å². The van der Waals surface area contributed by atoms with Crippen molar-refractivity contribution < 1.29 is 14.3 Å². The van der Waals surface area contributed by atoms with Crippen molar-refractivity contribution >= 4 is 17.6 Å². The van der Waals surface area contributed by atoms with E-state index < -0.39 is 5.97 Å². The van der Waals surface area contributed by atoms with Crippen molar-refractivity contribution in [2.24, 2.45) is 0 Å². The van der Waals surface area contributed by atoms with Crippen LogP contribution in [0.5, 0.6) is 0 Å². The molecule has 0 aliphatic rings. The number of nitrogen functional groups attached to an aromatic ring is 1. The number of amides is 1. The van der Waals surface area contributed by atoms with Gasteiger partial charge >= 0.3 is 5.97 Å². The monoisotopic (exact) mass is 250 g/mol. The molecule has 0 heterocycles. The fourth-order valence-electron chi connectivity index (χ4n) is 1.45. The van der Waals surface area contributed by atoms with E-state index >= 15 is 0 Å². The van der Waals surface area contributed by atoms with Crippen molar-refractivity contribution in [2.45, 2.75) is 13.3 Å². The van der Waals surface area contributed by atoms with Gasteiger partial charge in [-0.2, -0.15) is 0 Å². The van der Waals surface area contributed by atoms with Gasteiger partial charge in [-0.05, 0) is 30.7 Å². The van der Waals surface area contributed by atoms with Gasteiger partial charge in [-0.1, -0.05) is 0 Å². The highest BCUT2D eigenvalue weighted by Crippen LogP contribution is 2.13. The maximum Gasteiger partial charge on any atom is 0.338 e. The average Bonchev–Trinajstić information content (AvgIpc) is 2.28. The van der Waals surface area contributed by atoms with Gasteiger partial charge in [0.05, 0.1) is 12.0 Å². The summed E-state index contributed by atoms with van der Waals surface area (Å²) >= 11 is 0. The van der Waals surface area contributed by atoms with E-state index in [9.17, 15) is 9.59 Å². The summed E-state index contributed by atoms with van der Waals surface area (Å²) in [6.45, 7) is 1.87. The Morgan fingerprint density at radius 1 is 1.33 bits per heavy atom. The number of anilines is 1. The number of rotatable bonds is 4. The first kappa shape index (κ1) is 14.0. The summed E-state index contributed by atoms with van der Waals surface area (Å²) in [5.74, 6) is -0.504. The predicted molar refractivity (Wildman–Crippen MR) is 69.2 cm³/mol. The lowest BCUT2D eigenvalue weighted by molar-refractivity contribution is -0.129. The second-order valence-electron chi connectivity index (χ2n) is 4.25. The number of nitrogens with two attached hydrogens (primary N) is 1. The van der Waals surface area contributed by atoms with E-state index in [4.69, 9.17) is 10.5 Å². The average molecular weight is 250 g/mol. The molecule has 0 atom stereocenters. The zero-order valence-electron chi connectivity index (χ0n) is 10.9. The Balaban J connectivity index is 2.53. The van der Waals surface area contributed by atoms with Gasteiger partial charge in [-0.3, -0.25) is 4.79 Å². The summed E-state index contributed by atoms with van der Waals surface area (Å²) in [7, 11) is 3.32. The van der Waals surface area contributed by atoms with Gasteiger partial charge in [0.15, 0.2) is 0 Å². The summed E-state index contributed by atoms with van der Waals surface area (Å²) in [5.41, 5.74) is 7.44. The van der Waals surface area contributed by atoms with Gasteiger partial charge in [0, 0.05) is 19.8 Å². The van der Waals surface area contributed by atoms with Crippen LogP contribution in [0.3, 0.4) is 0 Å². The van der Waals surface area contributed by atoms with Crippen molar-refractivity contribution in [2.75, 3.05) is 26.4 Å². The van der Waals surface area contributed by atoms with E-state index in [2.05, 4.69) is 0 Å². The number of nitrogens with zero attached hydrogens (tertiary/aromatic N) is 1. The summed E-state index contributed by atoms with van der Waals surface area (Å²) in [4.78, 5) is 24.5. The molecule has 0 saturated heterocycles. The first-order valence-electron chi connectivity index (χ1n) is 5.65. The van der Waals surface area contributed by atoms with Crippen LogP contribution in [-0.4, -0.2) is 37.5 Å². The van der Waals surface area contributed by atoms with Gasteiger partial charge < -0.3 is 15.4 Å². The predicted octanol–water partition coefficient (Wildman–Crippen LogP) is 1.21. The van der Waals surface area contributed by atoms with Crippen molar-refractivity contribution in [3.8, 4) is 0 Å². The Kier molecular flexibility index (Phi) is 4.71. The van der Waals surface area contributed by atoms with Crippen LogP contribution in [0.25, 0.3) is 0 Å². The molecular formula is C13H18N2O3. The molecule has 98 valence electrons. The standard InChI is InChI=1S/C13H18N2O3/c1-9-8-10(14)4-5-11(9)13(17)18-7-6-12(16)15(2)3/h4-5,8H,6-7,14H2,1-3H3. The number of aryl methyl sites for hydroxylation is 1. The van der Waals surface area contributed by atoms with Crippen LogP contribution >= 0.6 is 0 Å². The number of carbonyl (C=O) groups excluding carboxylic acids is 2. The summed E-state index contributed by atoms with van der Waals surface area (Å²) in [6, 6.07) is 4.98. The maximum absolute atomic E-state index is 11.7. The SMILES string of the molecule is Cc1cc(N)ccc1C(=O)OCCC(=O)N(C)C. The van der Waals surface area contributed by atoms with Crippen molar-refractivity contribution in [3.05, 3.63) is 29.3 Å². The largest absolute Gasteiger partial charge is 0.462 e. The maximum atomic E-state index is 11.7. The molecule has 1 aromatic carbocycles. The fourth-order valence-corrected chi connectivity index (χ4v) is 1.45. The number of hydrogen-bond donors (Lipinski definition) is 1. The number of hydrogen-bond acceptors (Lipinski definition) is 4. The molecule has 0 saturated carbocycles.